The molecular weight excluding hydrogens is 279 g/mol. The molecule has 3 nitrogen and oxygen atoms in total. The van der Waals surface area contributed by atoms with E-state index in [1.54, 1.807) is 29.6 Å². The first-order valence-electron chi connectivity index (χ1n) is 5.35. The summed E-state index contributed by atoms with van der Waals surface area (Å²) in [5, 5.41) is 1.78. The fourth-order valence-corrected chi connectivity index (χ4v) is 1.91. The molecule has 0 saturated heterocycles. The fraction of sp³-hybridized carbons (Fsp3) is 0.333. The maximum Gasteiger partial charge on any atom is 0.405 e. The van der Waals surface area contributed by atoms with Crippen LogP contribution in [0.3, 0.4) is 0 Å². The van der Waals surface area contributed by atoms with Crippen LogP contribution in [0, 0.1) is 0 Å². The molecule has 1 N–H and O–H groups in total. The summed E-state index contributed by atoms with van der Waals surface area (Å²) in [6, 6.07) is 6.52. The number of rotatable bonds is 5. The van der Waals surface area contributed by atoms with E-state index in [1.165, 1.54) is 6.92 Å². The van der Waals surface area contributed by atoms with E-state index in [0.717, 1.165) is 11.8 Å². The van der Waals surface area contributed by atoms with Crippen molar-refractivity contribution in [3.05, 3.63) is 29.8 Å². The molecule has 0 aliphatic heterocycles. The zero-order chi connectivity index (χ0) is 14.5. The minimum absolute atomic E-state index is 0.0699. The zero-order valence-corrected chi connectivity index (χ0v) is 10.9. The summed E-state index contributed by atoms with van der Waals surface area (Å²) in [6.45, 7) is 0.113. The van der Waals surface area contributed by atoms with Gasteiger partial charge in [-0.2, -0.15) is 13.2 Å². The second-order valence-electron chi connectivity index (χ2n) is 3.76. The normalized spacial score (nSPS) is 11.2. The molecule has 1 aromatic rings. The largest absolute Gasteiger partial charge is 0.405 e. The average molecular weight is 291 g/mol. The minimum atomic E-state index is -4.40. The van der Waals surface area contributed by atoms with Gasteiger partial charge < -0.3 is 5.32 Å². The lowest BCUT2D eigenvalue weighted by molar-refractivity contribution is -0.136. The average Bonchev–Trinajstić information content (AvgIpc) is 2.33. The molecule has 7 heteroatoms. The molecule has 0 fully saturated rings. The van der Waals surface area contributed by atoms with Crippen molar-refractivity contribution in [3.63, 3.8) is 0 Å². The molecule has 19 heavy (non-hydrogen) atoms. The third-order valence-corrected chi connectivity index (χ3v) is 3.13. The Balaban J connectivity index is 2.40. The maximum absolute atomic E-state index is 11.8. The first-order chi connectivity index (χ1) is 8.78. The number of hydrogen-bond acceptors (Lipinski definition) is 3. The molecule has 0 aromatic heterocycles. The van der Waals surface area contributed by atoms with Gasteiger partial charge in [0, 0.05) is 10.5 Å². The van der Waals surface area contributed by atoms with Crippen molar-refractivity contribution in [1.29, 1.82) is 0 Å². The molecule has 0 atom stereocenters. The van der Waals surface area contributed by atoms with Gasteiger partial charge in [-0.15, -0.1) is 11.8 Å². The van der Waals surface area contributed by atoms with Gasteiger partial charge in [-0.05, 0) is 19.1 Å². The number of alkyl halides is 3. The van der Waals surface area contributed by atoms with Crippen LogP contribution in [0.1, 0.15) is 17.3 Å². The number of hydrogen-bond donors (Lipinski definition) is 1. The monoisotopic (exact) mass is 291 g/mol. The van der Waals surface area contributed by atoms with Crippen LogP contribution in [0.5, 0.6) is 0 Å². The van der Waals surface area contributed by atoms with Crippen LogP contribution in [0.4, 0.5) is 13.2 Å². The SMILES string of the molecule is CC(=O)c1ccc(SCC(=O)NCC(F)(F)F)cc1. The molecule has 0 aliphatic rings. The smallest absolute Gasteiger partial charge is 0.346 e. The van der Waals surface area contributed by atoms with E-state index >= 15 is 0 Å². The topological polar surface area (TPSA) is 46.2 Å². The van der Waals surface area contributed by atoms with Crippen molar-refractivity contribution < 1.29 is 22.8 Å². The number of benzene rings is 1. The molecule has 0 heterocycles. The van der Waals surface area contributed by atoms with Gasteiger partial charge in [0.2, 0.25) is 5.91 Å². The molecule has 0 bridgehead atoms. The van der Waals surface area contributed by atoms with E-state index in [2.05, 4.69) is 0 Å². The van der Waals surface area contributed by atoms with Crippen LogP contribution in [-0.4, -0.2) is 30.2 Å². The van der Waals surface area contributed by atoms with Crippen molar-refractivity contribution in [2.75, 3.05) is 12.3 Å². The Hall–Kier alpha value is -1.50. The predicted molar refractivity (Wildman–Crippen MR) is 66.2 cm³/mol. The third kappa shape index (κ3) is 6.28. The fourth-order valence-electron chi connectivity index (χ4n) is 1.18. The van der Waals surface area contributed by atoms with Crippen LogP contribution in [-0.2, 0) is 4.79 Å². The molecule has 1 amide bonds. The van der Waals surface area contributed by atoms with Crippen molar-refractivity contribution >= 4 is 23.5 Å². The highest BCUT2D eigenvalue weighted by Crippen LogP contribution is 2.18. The lowest BCUT2D eigenvalue weighted by Gasteiger charge is -2.08. The van der Waals surface area contributed by atoms with E-state index < -0.39 is 18.6 Å². The van der Waals surface area contributed by atoms with Crippen LogP contribution in [0.25, 0.3) is 0 Å². The van der Waals surface area contributed by atoms with Crippen molar-refractivity contribution in [2.45, 2.75) is 18.0 Å². The number of thioether (sulfide) groups is 1. The van der Waals surface area contributed by atoms with E-state index in [9.17, 15) is 22.8 Å². The maximum atomic E-state index is 11.8. The molecule has 0 unspecified atom stereocenters. The van der Waals surface area contributed by atoms with Gasteiger partial charge in [-0.25, -0.2) is 0 Å². The number of ketones is 1. The van der Waals surface area contributed by atoms with Crippen LogP contribution < -0.4 is 5.32 Å². The van der Waals surface area contributed by atoms with E-state index in [4.69, 9.17) is 0 Å². The lowest BCUT2D eigenvalue weighted by atomic mass is 10.2. The number of halogens is 3. The van der Waals surface area contributed by atoms with Crippen molar-refractivity contribution in [1.82, 2.24) is 5.32 Å². The molecular formula is C12H12F3NO2S. The molecule has 0 saturated carbocycles. The van der Waals surface area contributed by atoms with Gasteiger partial charge in [0.1, 0.15) is 6.54 Å². The van der Waals surface area contributed by atoms with Gasteiger partial charge >= 0.3 is 6.18 Å². The standard InChI is InChI=1S/C12H12F3NO2S/c1-8(17)9-2-4-10(5-3-9)19-6-11(18)16-7-12(13,14)15/h2-5H,6-7H2,1H3,(H,16,18). The molecule has 0 spiro atoms. The second-order valence-corrected chi connectivity index (χ2v) is 4.81. The summed E-state index contributed by atoms with van der Waals surface area (Å²) in [7, 11) is 0. The predicted octanol–water partition coefficient (Wildman–Crippen LogP) is 2.66. The Morgan fingerprint density at radius 2 is 1.79 bits per heavy atom. The second kappa shape index (κ2) is 6.60. The number of Topliss-reactive ketones (excluding diaryl/α,β-unsaturated/α-hetero) is 1. The lowest BCUT2D eigenvalue weighted by Crippen LogP contribution is -2.34. The highest BCUT2D eigenvalue weighted by atomic mass is 32.2. The number of carbonyl (C=O) groups excluding carboxylic acids is 2. The van der Waals surface area contributed by atoms with E-state index in [1.807, 2.05) is 0 Å². The van der Waals surface area contributed by atoms with Crippen LogP contribution >= 0.6 is 11.8 Å². The summed E-state index contributed by atoms with van der Waals surface area (Å²) in [5.41, 5.74) is 0.547. The Morgan fingerprint density at radius 3 is 2.26 bits per heavy atom. The number of nitrogens with one attached hydrogen (secondary N) is 1. The highest BCUT2D eigenvalue weighted by Gasteiger charge is 2.27. The quantitative estimate of drug-likeness (QED) is 0.670. The van der Waals surface area contributed by atoms with Gasteiger partial charge in [0.25, 0.3) is 0 Å². The zero-order valence-electron chi connectivity index (χ0n) is 10.1. The van der Waals surface area contributed by atoms with Crippen LogP contribution in [0.15, 0.2) is 29.2 Å². The van der Waals surface area contributed by atoms with Gasteiger partial charge in [0.15, 0.2) is 5.78 Å². The molecule has 1 aromatic carbocycles. The summed E-state index contributed by atoms with van der Waals surface area (Å²) in [4.78, 5) is 22.9. The third-order valence-electron chi connectivity index (χ3n) is 2.12. The Bertz CT molecular complexity index is 457. The van der Waals surface area contributed by atoms with E-state index in [0.29, 0.717) is 10.5 Å². The van der Waals surface area contributed by atoms with Crippen LogP contribution in [0.2, 0.25) is 0 Å². The first-order valence-corrected chi connectivity index (χ1v) is 6.34. The highest BCUT2D eigenvalue weighted by molar-refractivity contribution is 8.00. The van der Waals surface area contributed by atoms with Gasteiger partial charge in [0.05, 0.1) is 5.75 Å². The summed E-state index contributed by atoms with van der Waals surface area (Å²) in [6.07, 6.45) is -4.40. The summed E-state index contributed by atoms with van der Waals surface area (Å²) in [5.74, 6) is -0.854. The molecule has 104 valence electrons. The molecule has 0 aliphatic carbocycles. The number of amides is 1. The van der Waals surface area contributed by atoms with Crippen molar-refractivity contribution in [2.24, 2.45) is 0 Å². The Labute approximate surface area is 112 Å². The minimum Gasteiger partial charge on any atom is -0.346 e. The summed E-state index contributed by atoms with van der Waals surface area (Å²) >= 11 is 1.11. The number of carbonyl (C=O) groups is 2. The first kappa shape index (κ1) is 15.6. The van der Waals surface area contributed by atoms with Gasteiger partial charge in [-0.1, -0.05) is 12.1 Å². The summed E-state index contributed by atoms with van der Waals surface area (Å²) < 4.78 is 35.5. The Kier molecular flexibility index (Phi) is 5.41. The molecule has 0 radical (unpaired) electrons. The Morgan fingerprint density at radius 1 is 1.21 bits per heavy atom. The van der Waals surface area contributed by atoms with E-state index in [-0.39, 0.29) is 11.5 Å². The molecule has 1 rings (SSSR count). The van der Waals surface area contributed by atoms with Gasteiger partial charge in [-0.3, -0.25) is 9.59 Å². The van der Waals surface area contributed by atoms with Crippen molar-refractivity contribution in [3.8, 4) is 0 Å².